The number of ketones is 1. The van der Waals surface area contributed by atoms with Crippen LogP contribution in [0.4, 0.5) is 0 Å². The van der Waals surface area contributed by atoms with Gasteiger partial charge in [0.05, 0.1) is 6.26 Å². The second-order valence-corrected chi connectivity index (χ2v) is 6.10. The van der Waals surface area contributed by atoms with Gasteiger partial charge in [-0.05, 0) is 31.2 Å². The molecule has 1 unspecified atom stereocenters. The van der Waals surface area contributed by atoms with Crippen LogP contribution in [0.3, 0.4) is 0 Å². The van der Waals surface area contributed by atoms with Crippen LogP contribution < -0.4 is 5.32 Å². The Morgan fingerprint density at radius 3 is 2.55 bits per heavy atom. The van der Waals surface area contributed by atoms with Gasteiger partial charge in [0.15, 0.2) is 5.78 Å². The van der Waals surface area contributed by atoms with Crippen LogP contribution in [-0.2, 0) is 11.2 Å². The smallest absolute Gasteiger partial charge is 0.220 e. The Bertz CT molecular complexity index is 620. The molecule has 2 aromatic rings. The number of furan rings is 1. The number of carbonyl (C=O) groups is 2. The highest BCUT2D eigenvalue weighted by Gasteiger charge is 2.12. The zero-order valence-electron chi connectivity index (χ0n) is 12.3. The third kappa shape index (κ3) is 5.15. The molecule has 0 spiro atoms. The minimum Gasteiger partial charge on any atom is -0.469 e. The fourth-order valence-corrected chi connectivity index (χ4v) is 2.40. The summed E-state index contributed by atoms with van der Waals surface area (Å²) in [5.74, 6) is 0.685. The van der Waals surface area contributed by atoms with E-state index in [1.807, 2.05) is 31.2 Å². The summed E-state index contributed by atoms with van der Waals surface area (Å²) in [5, 5.41) is 2.88. The maximum absolute atomic E-state index is 12.0. The largest absolute Gasteiger partial charge is 0.469 e. The lowest BCUT2D eigenvalue weighted by Gasteiger charge is -2.12. The molecule has 0 aliphatic rings. The van der Waals surface area contributed by atoms with Crippen LogP contribution in [0.1, 0.15) is 35.9 Å². The van der Waals surface area contributed by atoms with Crippen molar-refractivity contribution >= 4 is 27.6 Å². The summed E-state index contributed by atoms with van der Waals surface area (Å²) in [5.41, 5.74) is 0.625. The molecule has 22 heavy (non-hydrogen) atoms. The third-order valence-electron chi connectivity index (χ3n) is 3.24. The molecule has 0 aliphatic carbocycles. The third-order valence-corrected chi connectivity index (χ3v) is 3.77. The van der Waals surface area contributed by atoms with E-state index in [1.54, 1.807) is 18.4 Å². The van der Waals surface area contributed by atoms with Gasteiger partial charge in [-0.2, -0.15) is 0 Å². The van der Waals surface area contributed by atoms with Crippen LogP contribution >= 0.6 is 15.9 Å². The first-order chi connectivity index (χ1) is 10.5. The van der Waals surface area contributed by atoms with Gasteiger partial charge in [-0.3, -0.25) is 9.59 Å². The van der Waals surface area contributed by atoms with E-state index in [4.69, 9.17) is 4.42 Å². The number of Topliss-reactive ketones (excluding diaryl/α,β-unsaturated/α-hetero) is 1. The molecular formula is C17H18BrNO3. The SMILES string of the molecule is CC(Cc1ccco1)NC(=O)CCC(=O)c1ccc(Br)cc1. The topological polar surface area (TPSA) is 59.3 Å². The molecular weight excluding hydrogens is 346 g/mol. The van der Waals surface area contributed by atoms with E-state index in [0.29, 0.717) is 12.0 Å². The van der Waals surface area contributed by atoms with Crippen LogP contribution in [0.5, 0.6) is 0 Å². The van der Waals surface area contributed by atoms with Crippen molar-refractivity contribution in [3.63, 3.8) is 0 Å². The Morgan fingerprint density at radius 2 is 1.91 bits per heavy atom. The van der Waals surface area contributed by atoms with Gasteiger partial charge in [0.25, 0.3) is 0 Å². The first kappa shape index (κ1) is 16.5. The molecule has 0 bridgehead atoms. The zero-order chi connectivity index (χ0) is 15.9. The second kappa shape index (κ2) is 7.94. The van der Waals surface area contributed by atoms with E-state index < -0.39 is 0 Å². The van der Waals surface area contributed by atoms with Crippen molar-refractivity contribution in [1.29, 1.82) is 0 Å². The molecule has 1 atom stereocenters. The molecule has 1 heterocycles. The van der Waals surface area contributed by atoms with Crippen molar-refractivity contribution in [2.45, 2.75) is 32.2 Å². The number of halogens is 1. The highest BCUT2D eigenvalue weighted by atomic mass is 79.9. The number of hydrogen-bond donors (Lipinski definition) is 1. The number of amides is 1. The van der Waals surface area contributed by atoms with E-state index >= 15 is 0 Å². The fraction of sp³-hybridized carbons (Fsp3) is 0.294. The molecule has 1 N–H and O–H groups in total. The summed E-state index contributed by atoms with van der Waals surface area (Å²) in [6, 6.07) is 10.8. The Morgan fingerprint density at radius 1 is 1.18 bits per heavy atom. The average Bonchev–Trinajstić information content (AvgIpc) is 2.98. The summed E-state index contributed by atoms with van der Waals surface area (Å²) in [7, 11) is 0. The van der Waals surface area contributed by atoms with Crippen LogP contribution in [0.15, 0.2) is 51.6 Å². The molecule has 0 fully saturated rings. The van der Waals surface area contributed by atoms with Gasteiger partial charge in [0.1, 0.15) is 5.76 Å². The average molecular weight is 364 g/mol. The molecule has 5 heteroatoms. The first-order valence-corrected chi connectivity index (χ1v) is 7.94. The van der Waals surface area contributed by atoms with Crippen LogP contribution in [-0.4, -0.2) is 17.7 Å². The van der Waals surface area contributed by atoms with Crippen molar-refractivity contribution in [3.05, 3.63) is 58.5 Å². The lowest BCUT2D eigenvalue weighted by Crippen LogP contribution is -2.34. The van der Waals surface area contributed by atoms with Crippen molar-refractivity contribution in [1.82, 2.24) is 5.32 Å². The van der Waals surface area contributed by atoms with Crippen molar-refractivity contribution in [2.24, 2.45) is 0 Å². The molecule has 0 aliphatic heterocycles. The normalized spacial score (nSPS) is 11.9. The van der Waals surface area contributed by atoms with E-state index in [0.717, 1.165) is 10.2 Å². The van der Waals surface area contributed by atoms with Gasteiger partial charge in [0, 0.05) is 35.3 Å². The molecule has 1 aromatic carbocycles. The monoisotopic (exact) mass is 363 g/mol. The van der Waals surface area contributed by atoms with Crippen LogP contribution in [0.2, 0.25) is 0 Å². The molecule has 1 amide bonds. The van der Waals surface area contributed by atoms with Gasteiger partial charge in [-0.25, -0.2) is 0 Å². The van der Waals surface area contributed by atoms with E-state index in [9.17, 15) is 9.59 Å². The highest BCUT2D eigenvalue weighted by molar-refractivity contribution is 9.10. The summed E-state index contributed by atoms with van der Waals surface area (Å²) in [6.45, 7) is 1.91. The van der Waals surface area contributed by atoms with Crippen molar-refractivity contribution in [3.8, 4) is 0 Å². The Hall–Kier alpha value is -1.88. The molecule has 116 valence electrons. The summed E-state index contributed by atoms with van der Waals surface area (Å²) >= 11 is 3.33. The van der Waals surface area contributed by atoms with Crippen molar-refractivity contribution < 1.29 is 14.0 Å². The Labute approximate surface area is 138 Å². The molecule has 0 saturated heterocycles. The Balaban J connectivity index is 1.75. The van der Waals surface area contributed by atoms with Gasteiger partial charge in [-0.1, -0.05) is 28.1 Å². The number of benzene rings is 1. The predicted molar refractivity (Wildman–Crippen MR) is 87.7 cm³/mol. The zero-order valence-corrected chi connectivity index (χ0v) is 13.9. The summed E-state index contributed by atoms with van der Waals surface area (Å²) in [6.07, 6.45) is 2.65. The molecule has 0 saturated carbocycles. The molecule has 1 aromatic heterocycles. The molecule has 4 nitrogen and oxygen atoms in total. The summed E-state index contributed by atoms with van der Waals surface area (Å²) < 4.78 is 6.17. The number of carbonyl (C=O) groups excluding carboxylic acids is 2. The lowest BCUT2D eigenvalue weighted by atomic mass is 10.1. The maximum Gasteiger partial charge on any atom is 0.220 e. The Kier molecular flexibility index (Phi) is 5.95. The van der Waals surface area contributed by atoms with Gasteiger partial charge in [0.2, 0.25) is 5.91 Å². The predicted octanol–water partition coefficient (Wildman–Crippen LogP) is 3.75. The van der Waals surface area contributed by atoms with E-state index in [2.05, 4.69) is 21.2 Å². The number of rotatable bonds is 7. The highest BCUT2D eigenvalue weighted by Crippen LogP contribution is 2.12. The van der Waals surface area contributed by atoms with E-state index in [-0.39, 0.29) is 30.6 Å². The van der Waals surface area contributed by atoms with Crippen LogP contribution in [0, 0.1) is 0 Å². The molecule has 0 radical (unpaired) electrons. The minimum atomic E-state index is -0.121. The van der Waals surface area contributed by atoms with Crippen molar-refractivity contribution in [2.75, 3.05) is 0 Å². The van der Waals surface area contributed by atoms with Gasteiger partial charge < -0.3 is 9.73 Å². The quantitative estimate of drug-likeness (QED) is 0.762. The van der Waals surface area contributed by atoms with Gasteiger partial charge >= 0.3 is 0 Å². The fourth-order valence-electron chi connectivity index (χ4n) is 2.14. The number of nitrogens with one attached hydrogen (secondary N) is 1. The lowest BCUT2D eigenvalue weighted by molar-refractivity contribution is -0.121. The van der Waals surface area contributed by atoms with E-state index in [1.165, 1.54) is 0 Å². The molecule has 2 rings (SSSR count). The standard InChI is InChI=1S/C17H18BrNO3/c1-12(11-15-3-2-10-22-15)19-17(21)9-8-16(20)13-4-6-14(18)7-5-13/h2-7,10,12H,8-9,11H2,1H3,(H,19,21). The van der Waals surface area contributed by atoms with Crippen LogP contribution in [0.25, 0.3) is 0 Å². The number of hydrogen-bond acceptors (Lipinski definition) is 3. The maximum atomic E-state index is 12.0. The second-order valence-electron chi connectivity index (χ2n) is 5.18. The summed E-state index contributed by atoms with van der Waals surface area (Å²) in [4.78, 5) is 23.9. The first-order valence-electron chi connectivity index (χ1n) is 7.15. The van der Waals surface area contributed by atoms with Gasteiger partial charge in [-0.15, -0.1) is 0 Å². The minimum absolute atomic E-state index is 0.0265.